The van der Waals surface area contributed by atoms with Gasteiger partial charge in [0.1, 0.15) is 0 Å². The molecule has 3 aromatic rings. The molecule has 0 aliphatic heterocycles. The molecule has 156 valence electrons. The van der Waals surface area contributed by atoms with Gasteiger partial charge in [-0.1, -0.05) is 30.4 Å². The lowest BCUT2D eigenvalue weighted by molar-refractivity contribution is -0.114. The fourth-order valence-electron chi connectivity index (χ4n) is 2.61. The van der Waals surface area contributed by atoms with Crippen LogP contribution in [0.5, 0.6) is 0 Å². The molecular formula is C20H20N4O4S2. The molecule has 0 aliphatic rings. The first-order valence-corrected chi connectivity index (χ1v) is 11.3. The largest absolute Gasteiger partial charge is 0.326 e. The van der Waals surface area contributed by atoms with Gasteiger partial charge in [0.05, 0.1) is 15.1 Å². The topological polar surface area (TPSA) is 117 Å². The molecule has 1 aromatic heterocycles. The molecule has 2 aromatic carbocycles. The Morgan fingerprint density at radius 3 is 2.50 bits per heavy atom. The van der Waals surface area contributed by atoms with Crippen LogP contribution in [0, 0.1) is 0 Å². The number of fused-ring (bicyclic) bond motifs is 1. The van der Waals surface area contributed by atoms with Crippen molar-refractivity contribution in [2.75, 3.05) is 17.2 Å². The lowest BCUT2D eigenvalue weighted by atomic mass is 10.2. The van der Waals surface area contributed by atoms with E-state index >= 15 is 0 Å². The number of hydrogen-bond donors (Lipinski definition) is 3. The average Bonchev–Trinajstić information content (AvgIpc) is 3.07. The van der Waals surface area contributed by atoms with Gasteiger partial charge in [0.25, 0.3) is 0 Å². The Morgan fingerprint density at radius 1 is 1.10 bits per heavy atom. The Labute approximate surface area is 178 Å². The molecule has 0 spiro atoms. The second-order valence-electron chi connectivity index (χ2n) is 6.28. The number of rotatable bonds is 7. The van der Waals surface area contributed by atoms with E-state index in [4.69, 9.17) is 0 Å². The monoisotopic (exact) mass is 444 g/mol. The summed E-state index contributed by atoms with van der Waals surface area (Å²) in [4.78, 5) is 27.9. The minimum absolute atomic E-state index is 0.162. The number of amides is 2. The van der Waals surface area contributed by atoms with Crippen molar-refractivity contribution in [2.45, 2.75) is 18.7 Å². The van der Waals surface area contributed by atoms with Crippen molar-refractivity contribution < 1.29 is 18.0 Å². The van der Waals surface area contributed by atoms with Crippen molar-refractivity contribution in [2.24, 2.45) is 0 Å². The molecule has 10 heteroatoms. The van der Waals surface area contributed by atoms with Gasteiger partial charge in [-0.15, -0.1) is 0 Å². The highest BCUT2D eigenvalue weighted by Crippen LogP contribution is 2.28. The Bertz CT molecular complexity index is 1220. The van der Waals surface area contributed by atoms with Crippen LogP contribution >= 0.6 is 11.3 Å². The lowest BCUT2D eigenvalue weighted by Crippen LogP contribution is -2.22. The summed E-state index contributed by atoms with van der Waals surface area (Å²) in [5, 5.41) is 5.84. The predicted molar refractivity (Wildman–Crippen MR) is 119 cm³/mol. The van der Waals surface area contributed by atoms with Crippen LogP contribution in [0.1, 0.15) is 19.4 Å². The molecule has 0 atom stereocenters. The van der Waals surface area contributed by atoms with Crippen molar-refractivity contribution >= 4 is 60.3 Å². The summed E-state index contributed by atoms with van der Waals surface area (Å²) in [6.45, 7) is 3.45. The molecule has 0 unspecified atom stereocenters. The molecule has 3 rings (SSSR count). The SMILES string of the molecule is CCNS(=O)(=O)c1ccc(/C=C/C(=O)Nc2nc3ccc(NC(C)=O)cc3s2)cc1. The highest BCUT2D eigenvalue weighted by molar-refractivity contribution is 7.89. The van der Waals surface area contributed by atoms with Crippen LogP contribution in [0.25, 0.3) is 16.3 Å². The maximum absolute atomic E-state index is 12.2. The zero-order valence-corrected chi connectivity index (χ0v) is 17.9. The number of nitrogens with one attached hydrogen (secondary N) is 3. The number of nitrogens with zero attached hydrogens (tertiary/aromatic N) is 1. The molecule has 3 N–H and O–H groups in total. The fraction of sp³-hybridized carbons (Fsp3) is 0.150. The van der Waals surface area contributed by atoms with Crippen LogP contribution in [-0.2, 0) is 19.6 Å². The van der Waals surface area contributed by atoms with E-state index < -0.39 is 10.0 Å². The molecule has 30 heavy (non-hydrogen) atoms. The van der Waals surface area contributed by atoms with Crippen LogP contribution in [0.3, 0.4) is 0 Å². The predicted octanol–water partition coefficient (Wildman–Crippen LogP) is 3.20. The second-order valence-corrected chi connectivity index (χ2v) is 9.07. The molecular weight excluding hydrogens is 424 g/mol. The lowest BCUT2D eigenvalue weighted by Gasteiger charge is -2.04. The number of benzene rings is 2. The van der Waals surface area contributed by atoms with Gasteiger partial charge in [-0.2, -0.15) is 0 Å². The Kier molecular flexibility index (Phi) is 6.60. The Hall–Kier alpha value is -3.08. The number of carbonyl (C=O) groups is 2. The summed E-state index contributed by atoms with van der Waals surface area (Å²) in [6.07, 6.45) is 2.93. The van der Waals surface area contributed by atoms with E-state index in [2.05, 4.69) is 20.3 Å². The minimum Gasteiger partial charge on any atom is -0.326 e. The van der Waals surface area contributed by atoms with Crippen LogP contribution in [0.2, 0.25) is 0 Å². The van der Waals surface area contributed by atoms with Crippen molar-refractivity contribution in [1.29, 1.82) is 0 Å². The number of sulfonamides is 1. The summed E-state index contributed by atoms with van der Waals surface area (Å²) >= 11 is 1.30. The average molecular weight is 445 g/mol. The molecule has 8 nitrogen and oxygen atoms in total. The van der Waals surface area contributed by atoms with Gasteiger partial charge in [-0.25, -0.2) is 18.1 Å². The highest BCUT2D eigenvalue weighted by Gasteiger charge is 2.11. The summed E-state index contributed by atoms with van der Waals surface area (Å²) in [6, 6.07) is 11.5. The standard InChI is InChI=1S/C20H20N4O4S2/c1-3-21-30(27,28)16-8-4-14(5-9-16)6-11-19(26)24-20-23-17-10-7-15(22-13(2)25)12-18(17)29-20/h4-12,21H,3H2,1-2H3,(H,22,25)(H,23,24,26)/b11-6+. The van der Waals surface area contributed by atoms with E-state index in [1.165, 1.54) is 36.5 Å². The first-order valence-electron chi connectivity index (χ1n) is 9.04. The molecule has 2 amide bonds. The maximum Gasteiger partial charge on any atom is 0.250 e. The molecule has 0 radical (unpaired) electrons. The smallest absolute Gasteiger partial charge is 0.250 e. The molecule has 0 bridgehead atoms. The van der Waals surface area contributed by atoms with Gasteiger partial charge in [-0.3, -0.25) is 14.9 Å². The van der Waals surface area contributed by atoms with Gasteiger partial charge >= 0.3 is 0 Å². The fourth-order valence-corrected chi connectivity index (χ4v) is 4.56. The normalized spacial score (nSPS) is 11.7. The van der Waals surface area contributed by atoms with E-state index in [1.807, 2.05) is 0 Å². The summed E-state index contributed by atoms with van der Waals surface area (Å²) in [7, 11) is -3.51. The molecule has 1 heterocycles. The number of hydrogen-bond acceptors (Lipinski definition) is 6. The third-order valence-electron chi connectivity index (χ3n) is 3.89. The highest BCUT2D eigenvalue weighted by atomic mass is 32.2. The number of carbonyl (C=O) groups excluding carboxylic acids is 2. The van der Waals surface area contributed by atoms with Crippen LogP contribution in [0.4, 0.5) is 10.8 Å². The van der Waals surface area contributed by atoms with Crippen LogP contribution < -0.4 is 15.4 Å². The zero-order chi connectivity index (χ0) is 21.7. The van der Waals surface area contributed by atoms with Gasteiger partial charge in [-0.05, 0) is 42.0 Å². The second kappa shape index (κ2) is 9.16. The van der Waals surface area contributed by atoms with E-state index in [0.29, 0.717) is 28.4 Å². The third-order valence-corrected chi connectivity index (χ3v) is 6.39. The zero-order valence-electron chi connectivity index (χ0n) is 16.3. The van der Waals surface area contributed by atoms with Crippen LogP contribution in [0.15, 0.2) is 53.4 Å². The number of anilines is 2. The summed E-state index contributed by atoms with van der Waals surface area (Å²) in [5.74, 6) is -0.523. The Balaban J connectivity index is 1.66. The summed E-state index contributed by atoms with van der Waals surface area (Å²) in [5.41, 5.74) is 2.06. The van der Waals surface area contributed by atoms with Crippen LogP contribution in [-0.4, -0.2) is 31.8 Å². The van der Waals surface area contributed by atoms with E-state index in [9.17, 15) is 18.0 Å². The minimum atomic E-state index is -3.51. The first kappa shape index (κ1) is 21.6. The molecule has 0 saturated heterocycles. The summed E-state index contributed by atoms with van der Waals surface area (Å²) < 4.78 is 27.1. The van der Waals surface area contributed by atoms with Gasteiger partial charge < -0.3 is 5.32 Å². The Morgan fingerprint density at radius 2 is 1.83 bits per heavy atom. The van der Waals surface area contributed by atoms with Crippen molar-refractivity contribution in [3.8, 4) is 0 Å². The van der Waals surface area contributed by atoms with Crippen molar-refractivity contribution in [3.05, 3.63) is 54.1 Å². The number of thiazole rings is 1. The van der Waals surface area contributed by atoms with Gasteiger partial charge in [0.15, 0.2) is 5.13 Å². The van der Waals surface area contributed by atoms with Crippen molar-refractivity contribution in [3.63, 3.8) is 0 Å². The van der Waals surface area contributed by atoms with E-state index in [-0.39, 0.29) is 16.7 Å². The van der Waals surface area contributed by atoms with E-state index in [1.54, 1.807) is 43.3 Å². The van der Waals surface area contributed by atoms with Gasteiger partial charge in [0, 0.05) is 25.2 Å². The van der Waals surface area contributed by atoms with E-state index in [0.717, 1.165) is 4.70 Å². The number of aromatic nitrogens is 1. The maximum atomic E-state index is 12.2. The van der Waals surface area contributed by atoms with Gasteiger partial charge in [0.2, 0.25) is 21.8 Å². The quantitative estimate of drug-likeness (QED) is 0.484. The molecule has 0 saturated carbocycles. The first-order chi connectivity index (χ1) is 14.3. The van der Waals surface area contributed by atoms with Crippen molar-refractivity contribution in [1.82, 2.24) is 9.71 Å². The third kappa shape index (κ3) is 5.50. The molecule has 0 aliphatic carbocycles. The molecule has 0 fully saturated rings.